The first-order chi connectivity index (χ1) is 11.6. The first-order valence-electron chi connectivity index (χ1n) is 7.37. The van der Waals surface area contributed by atoms with E-state index in [1.807, 2.05) is 35.0 Å². The Balaban J connectivity index is 1.91. The Hall–Kier alpha value is -2.24. The zero-order valence-electron chi connectivity index (χ0n) is 12.7. The molecule has 24 heavy (non-hydrogen) atoms. The molecule has 0 fully saturated rings. The zero-order valence-corrected chi connectivity index (χ0v) is 14.3. The summed E-state index contributed by atoms with van der Waals surface area (Å²) >= 11 is 11.2. The SMILES string of the molecule is NC(=S)c1ccccc1Cn1ccnc1Cc1c(F)cccc1Cl. The minimum Gasteiger partial charge on any atom is -0.389 e. The molecular weight excluding hydrogens is 345 g/mol. The number of aromatic nitrogens is 2. The Kier molecular flexibility index (Phi) is 4.92. The molecule has 1 heterocycles. The molecule has 0 aliphatic carbocycles. The van der Waals surface area contributed by atoms with Crippen LogP contribution in [0.5, 0.6) is 0 Å². The Morgan fingerprint density at radius 1 is 1.21 bits per heavy atom. The Morgan fingerprint density at radius 3 is 2.75 bits per heavy atom. The standard InChI is InChI=1S/C18H15ClFN3S/c19-15-6-3-7-16(20)14(15)10-17-22-8-9-23(17)11-12-4-1-2-5-13(12)18(21)24/h1-9H,10-11H2,(H2,21,24). The summed E-state index contributed by atoms with van der Waals surface area (Å²) in [6.07, 6.45) is 3.85. The monoisotopic (exact) mass is 359 g/mol. The molecule has 3 rings (SSSR count). The van der Waals surface area contributed by atoms with Crippen LogP contribution in [0.3, 0.4) is 0 Å². The van der Waals surface area contributed by atoms with Gasteiger partial charge in [-0.15, -0.1) is 0 Å². The lowest BCUT2D eigenvalue weighted by Crippen LogP contribution is -2.15. The van der Waals surface area contributed by atoms with E-state index in [0.29, 0.717) is 28.5 Å². The first kappa shape index (κ1) is 16.6. The molecule has 0 unspecified atom stereocenters. The van der Waals surface area contributed by atoms with Gasteiger partial charge in [-0.3, -0.25) is 0 Å². The van der Waals surface area contributed by atoms with Gasteiger partial charge in [-0.2, -0.15) is 0 Å². The van der Waals surface area contributed by atoms with E-state index in [0.717, 1.165) is 17.0 Å². The molecule has 0 amide bonds. The summed E-state index contributed by atoms with van der Waals surface area (Å²) < 4.78 is 16.0. The van der Waals surface area contributed by atoms with Crippen molar-refractivity contribution < 1.29 is 4.39 Å². The van der Waals surface area contributed by atoms with E-state index in [-0.39, 0.29) is 5.82 Å². The van der Waals surface area contributed by atoms with Gasteiger partial charge in [-0.1, -0.05) is 54.2 Å². The Morgan fingerprint density at radius 2 is 2.00 bits per heavy atom. The van der Waals surface area contributed by atoms with Crippen LogP contribution in [-0.2, 0) is 13.0 Å². The van der Waals surface area contributed by atoms with Crippen LogP contribution in [0.15, 0.2) is 54.9 Å². The van der Waals surface area contributed by atoms with Crippen LogP contribution in [0.25, 0.3) is 0 Å². The average molecular weight is 360 g/mol. The van der Waals surface area contributed by atoms with Gasteiger partial charge in [0.05, 0.1) is 0 Å². The molecule has 0 saturated heterocycles. The van der Waals surface area contributed by atoms with E-state index in [4.69, 9.17) is 29.6 Å². The van der Waals surface area contributed by atoms with Gasteiger partial charge in [-0.05, 0) is 17.7 Å². The summed E-state index contributed by atoms with van der Waals surface area (Å²) in [5.74, 6) is 0.389. The molecule has 0 aliphatic heterocycles. The lowest BCUT2D eigenvalue weighted by molar-refractivity contribution is 0.609. The smallest absolute Gasteiger partial charge is 0.128 e. The molecule has 0 aliphatic rings. The fourth-order valence-electron chi connectivity index (χ4n) is 2.59. The van der Waals surface area contributed by atoms with Gasteiger partial charge in [0.15, 0.2) is 0 Å². The maximum Gasteiger partial charge on any atom is 0.128 e. The van der Waals surface area contributed by atoms with Crippen molar-refractivity contribution in [1.82, 2.24) is 9.55 Å². The van der Waals surface area contributed by atoms with Crippen LogP contribution in [0.1, 0.15) is 22.5 Å². The molecular formula is C18H15ClFN3S. The van der Waals surface area contributed by atoms with Crippen LogP contribution in [0.2, 0.25) is 5.02 Å². The maximum absolute atomic E-state index is 14.0. The average Bonchev–Trinajstić information content (AvgIpc) is 2.98. The minimum atomic E-state index is -0.333. The van der Waals surface area contributed by atoms with E-state index in [1.165, 1.54) is 6.07 Å². The fourth-order valence-corrected chi connectivity index (χ4v) is 3.02. The lowest BCUT2D eigenvalue weighted by atomic mass is 10.1. The van der Waals surface area contributed by atoms with Crippen molar-refractivity contribution >= 4 is 28.8 Å². The second-order valence-electron chi connectivity index (χ2n) is 5.37. The molecule has 1 aromatic heterocycles. The summed E-state index contributed by atoms with van der Waals surface area (Å²) in [6, 6.07) is 12.3. The van der Waals surface area contributed by atoms with Crippen molar-refractivity contribution in [2.45, 2.75) is 13.0 Å². The molecule has 0 spiro atoms. The third-order valence-corrected chi connectivity index (χ3v) is 4.40. The number of benzene rings is 2. The number of halogens is 2. The summed E-state index contributed by atoms with van der Waals surface area (Å²) in [4.78, 5) is 4.69. The van der Waals surface area contributed by atoms with Gasteiger partial charge < -0.3 is 10.3 Å². The predicted octanol–water partition coefficient (Wildman–Crippen LogP) is 3.95. The summed E-state index contributed by atoms with van der Waals surface area (Å²) in [6.45, 7) is 0.551. The summed E-state index contributed by atoms with van der Waals surface area (Å²) in [5, 5.41) is 0.396. The van der Waals surface area contributed by atoms with Gasteiger partial charge in [0.2, 0.25) is 0 Å². The number of hydrogen-bond acceptors (Lipinski definition) is 2. The molecule has 3 nitrogen and oxygen atoms in total. The first-order valence-corrected chi connectivity index (χ1v) is 8.15. The predicted molar refractivity (Wildman–Crippen MR) is 97.9 cm³/mol. The van der Waals surface area contributed by atoms with E-state index in [1.54, 1.807) is 18.3 Å². The molecule has 122 valence electrons. The molecule has 2 N–H and O–H groups in total. The topological polar surface area (TPSA) is 43.8 Å². The highest BCUT2D eigenvalue weighted by atomic mass is 35.5. The molecule has 2 aromatic carbocycles. The minimum absolute atomic E-state index is 0.313. The third kappa shape index (κ3) is 3.47. The van der Waals surface area contributed by atoms with Gasteiger partial charge in [0.1, 0.15) is 16.6 Å². The second-order valence-corrected chi connectivity index (χ2v) is 6.22. The van der Waals surface area contributed by atoms with Gasteiger partial charge in [0, 0.05) is 41.5 Å². The number of nitrogens with two attached hydrogens (primary N) is 1. The number of hydrogen-bond donors (Lipinski definition) is 1. The van der Waals surface area contributed by atoms with Crippen molar-refractivity contribution in [3.63, 3.8) is 0 Å². The van der Waals surface area contributed by atoms with Crippen LogP contribution in [0, 0.1) is 5.82 Å². The van der Waals surface area contributed by atoms with E-state index in [9.17, 15) is 4.39 Å². The maximum atomic E-state index is 14.0. The highest BCUT2D eigenvalue weighted by Crippen LogP contribution is 2.22. The van der Waals surface area contributed by atoms with E-state index >= 15 is 0 Å². The lowest BCUT2D eigenvalue weighted by Gasteiger charge is -2.12. The third-order valence-electron chi connectivity index (χ3n) is 3.82. The molecule has 3 aromatic rings. The van der Waals surface area contributed by atoms with Crippen LogP contribution < -0.4 is 5.73 Å². The van der Waals surface area contributed by atoms with Gasteiger partial charge in [0.25, 0.3) is 0 Å². The van der Waals surface area contributed by atoms with Crippen LogP contribution in [0.4, 0.5) is 4.39 Å². The largest absolute Gasteiger partial charge is 0.389 e. The fraction of sp³-hybridized carbons (Fsp3) is 0.111. The Labute approximate surface area is 149 Å². The van der Waals surface area contributed by atoms with E-state index < -0.39 is 0 Å². The van der Waals surface area contributed by atoms with Gasteiger partial charge in [-0.25, -0.2) is 9.37 Å². The molecule has 0 saturated carbocycles. The number of thiocarbonyl (C=S) groups is 1. The summed E-state index contributed by atoms with van der Waals surface area (Å²) in [7, 11) is 0. The normalized spacial score (nSPS) is 10.8. The van der Waals surface area contributed by atoms with E-state index in [2.05, 4.69) is 4.98 Å². The van der Waals surface area contributed by atoms with Crippen molar-refractivity contribution in [3.05, 3.63) is 88.2 Å². The van der Waals surface area contributed by atoms with Crippen molar-refractivity contribution in [1.29, 1.82) is 0 Å². The highest BCUT2D eigenvalue weighted by Gasteiger charge is 2.13. The van der Waals surface area contributed by atoms with Crippen molar-refractivity contribution in [3.8, 4) is 0 Å². The van der Waals surface area contributed by atoms with Gasteiger partial charge >= 0.3 is 0 Å². The van der Waals surface area contributed by atoms with Crippen molar-refractivity contribution in [2.75, 3.05) is 0 Å². The molecule has 0 atom stereocenters. The molecule has 6 heteroatoms. The second kappa shape index (κ2) is 7.11. The number of imidazole rings is 1. The van der Waals surface area contributed by atoms with Crippen molar-refractivity contribution in [2.24, 2.45) is 5.73 Å². The van der Waals surface area contributed by atoms with Crippen LogP contribution >= 0.6 is 23.8 Å². The number of nitrogens with zero attached hydrogens (tertiary/aromatic N) is 2. The Bertz CT molecular complexity index is 871. The quantitative estimate of drug-likeness (QED) is 0.701. The molecule has 0 radical (unpaired) electrons. The number of rotatable bonds is 5. The summed E-state index contributed by atoms with van der Waals surface area (Å²) in [5.41, 5.74) is 8.04. The zero-order chi connectivity index (χ0) is 17.1. The molecule has 0 bridgehead atoms. The van der Waals surface area contributed by atoms with Crippen LogP contribution in [-0.4, -0.2) is 14.5 Å². The highest BCUT2D eigenvalue weighted by molar-refractivity contribution is 7.80.